The number of hydrogen-bond acceptors (Lipinski definition) is 6. The molecule has 30 heavy (non-hydrogen) atoms. The Morgan fingerprint density at radius 1 is 1.27 bits per heavy atom. The van der Waals surface area contributed by atoms with Crippen LogP contribution in [-0.2, 0) is 26.1 Å². The first-order valence-corrected chi connectivity index (χ1v) is 12.3. The largest absolute Gasteiger partial charge is 0.462 e. The Labute approximate surface area is 180 Å². The van der Waals surface area contributed by atoms with Crippen molar-refractivity contribution in [1.82, 2.24) is 14.2 Å². The number of thiophene rings is 1. The van der Waals surface area contributed by atoms with E-state index in [4.69, 9.17) is 4.74 Å². The van der Waals surface area contributed by atoms with Crippen molar-refractivity contribution in [2.75, 3.05) is 19.7 Å². The Kier molecular flexibility index (Phi) is 6.99. The zero-order chi connectivity index (χ0) is 21.9. The second-order valence-electron chi connectivity index (χ2n) is 7.30. The molecule has 3 heterocycles. The van der Waals surface area contributed by atoms with E-state index in [0.717, 1.165) is 5.69 Å². The fourth-order valence-electron chi connectivity index (χ4n) is 3.64. The van der Waals surface area contributed by atoms with E-state index in [-0.39, 0.29) is 24.5 Å². The summed E-state index contributed by atoms with van der Waals surface area (Å²) >= 11 is 1.18. The number of ether oxygens (including phenoxy) is 1. The van der Waals surface area contributed by atoms with Crippen LogP contribution in [0.1, 0.15) is 41.5 Å². The number of esters is 1. The van der Waals surface area contributed by atoms with Crippen LogP contribution in [-0.4, -0.2) is 55.5 Å². The predicted octanol–water partition coefficient (Wildman–Crippen LogP) is 2.31. The van der Waals surface area contributed by atoms with Crippen molar-refractivity contribution < 1.29 is 22.7 Å². The van der Waals surface area contributed by atoms with E-state index < -0.39 is 10.0 Å². The normalized spacial score (nSPS) is 15.4. The first-order valence-electron chi connectivity index (χ1n) is 9.90. The quantitative estimate of drug-likeness (QED) is 0.649. The van der Waals surface area contributed by atoms with Gasteiger partial charge in [-0.25, -0.2) is 17.9 Å². The molecule has 0 atom stereocenters. The Bertz CT molecular complexity index is 1000. The number of likely N-dealkylation sites (tertiary alicyclic amines) is 1. The van der Waals surface area contributed by atoms with Gasteiger partial charge in [0.05, 0.1) is 12.2 Å². The molecule has 1 amide bonds. The summed E-state index contributed by atoms with van der Waals surface area (Å²) < 4.78 is 34.7. The van der Waals surface area contributed by atoms with Gasteiger partial charge in [0.15, 0.2) is 0 Å². The summed E-state index contributed by atoms with van der Waals surface area (Å²) in [7, 11) is -3.51. The molecule has 0 bridgehead atoms. The average molecular weight is 454 g/mol. The number of aromatic nitrogens is 1. The van der Waals surface area contributed by atoms with Crippen molar-refractivity contribution in [1.29, 1.82) is 0 Å². The third-order valence-electron chi connectivity index (χ3n) is 5.29. The fourth-order valence-corrected chi connectivity index (χ4v) is 5.95. The highest BCUT2D eigenvalue weighted by Crippen LogP contribution is 2.20. The van der Waals surface area contributed by atoms with Crippen molar-refractivity contribution in [2.24, 2.45) is 0 Å². The number of aryl methyl sites for hydroxylation is 1. The highest BCUT2D eigenvalue weighted by Gasteiger charge is 2.28. The molecule has 2 aromatic rings. The van der Waals surface area contributed by atoms with Crippen molar-refractivity contribution >= 4 is 33.2 Å². The van der Waals surface area contributed by atoms with Gasteiger partial charge < -0.3 is 14.2 Å². The number of hydrogen-bond donors (Lipinski definition) is 1. The summed E-state index contributed by atoms with van der Waals surface area (Å²) in [5.41, 5.74) is 2.00. The number of amides is 1. The maximum Gasteiger partial charge on any atom is 0.339 e. The maximum atomic E-state index is 12.8. The van der Waals surface area contributed by atoms with Gasteiger partial charge in [0, 0.05) is 30.5 Å². The highest BCUT2D eigenvalue weighted by atomic mass is 32.2. The third-order valence-corrected chi connectivity index (χ3v) is 8.21. The van der Waals surface area contributed by atoms with E-state index in [0.29, 0.717) is 48.0 Å². The van der Waals surface area contributed by atoms with Crippen molar-refractivity contribution in [2.45, 2.75) is 50.4 Å². The summed E-state index contributed by atoms with van der Waals surface area (Å²) in [6.07, 6.45) is 1.13. The van der Waals surface area contributed by atoms with E-state index in [1.807, 2.05) is 11.5 Å². The van der Waals surface area contributed by atoms with Gasteiger partial charge in [0.1, 0.15) is 10.8 Å². The van der Waals surface area contributed by atoms with Crippen molar-refractivity contribution in [3.63, 3.8) is 0 Å². The topological polar surface area (TPSA) is 97.7 Å². The molecular weight excluding hydrogens is 426 g/mol. The summed E-state index contributed by atoms with van der Waals surface area (Å²) in [6.45, 7) is 6.83. The lowest BCUT2D eigenvalue weighted by Crippen LogP contribution is -2.47. The second kappa shape index (κ2) is 9.32. The van der Waals surface area contributed by atoms with Crippen LogP contribution in [0.15, 0.2) is 27.8 Å². The van der Waals surface area contributed by atoms with Gasteiger partial charge >= 0.3 is 5.97 Å². The summed E-state index contributed by atoms with van der Waals surface area (Å²) in [4.78, 5) is 26.6. The van der Waals surface area contributed by atoms with Crippen LogP contribution >= 0.6 is 11.3 Å². The van der Waals surface area contributed by atoms with Gasteiger partial charge in [0.2, 0.25) is 15.9 Å². The van der Waals surface area contributed by atoms with E-state index in [2.05, 4.69) is 4.72 Å². The Morgan fingerprint density at radius 2 is 1.97 bits per heavy atom. The highest BCUT2D eigenvalue weighted by molar-refractivity contribution is 7.91. The number of piperidine rings is 1. The smallest absolute Gasteiger partial charge is 0.339 e. The minimum absolute atomic E-state index is 0.0493. The molecule has 1 aliphatic heterocycles. The first-order chi connectivity index (χ1) is 14.2. The Hall–Kier alpha value is -2.17. The molecule has 0 unspecified atom stereocenters. The van der Waals surface area contributed by atoms with Crippen molar-refractivity contribution in [3.05, 3.63) is 40.5 Å². The molecule has 0 saturated carbocycles. The number of carbonyl (C=O) groups is 2. The maximum absolute atomic E-state index is 12.8. The molecule has 1 aliphatic rings. The summed E-state index contributed by atoms with van der Waals surface area (Å²) in [5, 5.41) is 1.73. The lowest BCUT2D eigenvalue weighted by Gasteiger charge is -2.32. The van der Waals surface area contributed by atoms with Gasteiger partial charge in [-0.3, -0.25) is 4.79 Å². The first kappa shape index (κ1) is 22.5. The van der Waals surface area contributed by atoms with Gasteiger partial charge in [0.25, 0.3) is 0 Å². The number of carbonyl (C=O) groups excluding carboxylic acids is 2. The molecule has 2 aromatic heterocycles. The van der Waals surface area contributed by atoms with Crippen LogP contribution in [0.3, 0.4) is 0 Å². The number of rotatable bonds is 7. The van der Waals surface area contributed by atoms with Crippen LogP contribution in [0.4, 0.5) is 0 Å². The molecule has 1 N–H and O–H groups in total. The molecule has 0 spiro atoms. The van der Waals surface area contributed by atoms with Crippen LogP contribution in [0.2, 0.25) is 0 Å². The van der Waals surface area contributed by atoms with E-state index in [1.54, 1.807) is 42.3 Å². The van der Waals surface area contributed by atoms with Gasteiger partial charge in [-0.05, 0) is 51.1 Å². The zero-order valence-electron chi connectivity index (χ0n) is 17.4. The van der Waals surface area contributed by atoms with Crippen LogP contribution < -0.4 is 4.72 Å². The standard InChI is InChI=1S/C20H27N3O5S2/c1-4-28-20(25)17-12-14(2)23(15(17)3)13-18(24)22-9-7-16(8-10-22)21-30(26,27)19-6-5-11-29-19/h5-6,11-12,16,21H,4,7-10,13H2,1-3H3. The molecule has 0 aliphatic carbocycles. The molecule has 1 saturated heterocycles. The fraction of sp³-hybridized carbons (Fsp3) is 0.500. The summed E-state index contributed by atoms with van der Waals surface area (Å²) in [5.74, 6) is -0.435. The van der Waals surface area contributed by atoms with Crippen LogP contribution in [0.5, 0.6) is 0 Å². The predicted molar refractivity (Wildman–Crippen MR) is 114 cm³/mol. The molecule has 8 nitrogen and oxygen atoms in total. The monoisotopic (exact) mass is 453 g/mol. The lowest BCUT2D eigenvalue weighted by atomic mass is 10.1. The molecule has 0 aromatic carbocycles. The third kappa shape index (κ3) is 4.93. The summed E-state index contributed by atoms with van der Waals surface area (Å²) in [6, 6.07) is 4.84. The number of sulfonamides is 1. The van der Waals surface area contributed by atoms with E-state index >= 15 is 0 Å². The molecule has 10 heteroatoms. The molecule has 0 radical (unpaired) electrons. The lowest BCUT2D eigenvalue weighted by molar-refractivity contribution is -0.132. The number of nitrogens with zero attached hydrogens (tertiary/aromatic N) is 2. The average Bonchev–Trinajstić information content (AvgIpc) is 3.33. The zero-order valence-corrected chi connectivity index (χ0v) is 19.0. The van der Waals surface area contributed by atoms with E-state index in [1.165, 1.54) is 11.3 Å². The van der Waals surface area contributed by atoms with Gasteiger partial charge in [-0.1, -0.05) is 6.07 Å². The SMILES string of the molecule is CCOC(=O)c1cc(C)n(CC(=O)N2CCC(NS(=O)(=O)c3cccs3)CC2)c1C. The van der Waals surface area contributed by atoms with Crippen molar-refractivity contribution in [3.8, 4) is 0 Å². The van der Waals surface area contributed by atoms with E-state index in [9.17, 15) is 18.0 Å². The minimum atomic E-state index is -3.51. The Morgan fingerprint density at radius 3 is 2.57 bits per heavy atom. The van der Waals surface area contributed by atoms with Crippen LogP contribution in [0, 0.1) is 13.8 Å². The molecule has 3 rings (SSSR count). The van der Waals surface area contributed by atoms with Gasteiger partial charge in [-0.15, -0.1) is 11.3 Å². The second-order valence-corrected chi connectivity index (χ2v) is 10.2. The number of nitrogens with one attached hydrogen (secondary N) is 1. The molecule has 1 fully saturated rings. The Balaban J connectivity index is 1.58. The molecule has 164 valence electrons. The molecular formula is C20H27N3O5S2. The van der Waals surface area contributed by atoms with Crippen LogP contribution in [0.25, 0.3) is 0 Å². The minimum Gasteiger partial charge on any atom is -0.462 e. The van der Waals surface area contributed by atoms with Gasteiger partial charge in [-0.2, -0.15) is 0 Å².